The van der Waals surface area contributed by atoms with E-state index in [1.165, 1.54) is 71.6 Å². The second kappa shape index (κ2) is 25.2. The first-order valence-corrected chi connectivity index (χ1v) is 35.6. The lowest BCUT2D eigenvalue weighted by Gasteiger charge is -2.43. The summed E-state index contributed by atoms with van der Waals surface area (Å²) in [4.78, 5) is 41.1. The molecule has 16 heteroatoms. The topological polar surface area (TPSA) is 136 Å². The number of rotatable bonds is 7. The molecule has 2 bridgehead atoms. The van der Waals surface area contributed by atoms with Gasteiger partial charge in [-0.1, -0.05) is 255 Å². The molecular weight excluding hydrogens is 1360 g/mol. The largest absolute Gasteiger partial charge is 0.309 e. The van der Waals surface area contributed by atoms with Gasteiger partial charge >= 0.3 is 0 Å². The molecule has 0 N–H and O–H groups in total. The minimum absolute atomic E-state index is 0.00529. The van der Waals surface area contributed by atoms with E-state index in [0.29, 0.717) is 35.3 Å². The third kappa shape index (κ3) is 10.2. The van der Waals surface area contributed by atoms with Crippen LogP contribution in [0, 0.1) is 0 Å². The van der Waals surface area contributed by atoms with Crippen LogP contribution >= 0.6 is 34.8 Å². The summed E-state index contributed by atoms with van der Waals surface area (Å²) in [7, 11) is 0. The Bertz CT molecular complexity index is 6730. The Morgan fingerprint density at radius 2 is 0.505 bits per heavy atom. The third-order valence-electron chi connectivity index (χ3n) is 20.3. The predicted octanol–water partition coefficient (Wildman–Crippen LogP) is 22.0. The first kappa shape index (κ1) is 61.8. The second-order valence-electron chi connectivity index (χ2n) is 26.0. The van der Waals surface area contributed by atoms with Gasteiger partial charge in [0.05, 0.1) is 44.1 Å². The fraction of sp³-hybridized carbons (Fsp3) is 0.0225. The number of hydrogen-bond donors (Lipinski definition) is 0. The van der Waals surface area contributed by atoms with E-state index >= 15 is 0 Å². The van der Waals surface area contributed by atoms with Crippen molar-refractivity contribution in [2.45, 2.75) is 11.8 Å². The Balaban J connectivity index is 0.000000149. The minimum atomic E-state index is -0.00529. The zero-order chi connectivity index (χ0) is 69.8. The van der Waals surface area contributed by atoms with Crippen molar-refractivity contribution in [3.05, 3.63) is 365 Å². The molecular formula is C89H54Cl3N13. The number of halogens is 3. The van der Waals surface area contributed by atoms with E-state index in [4.69, 9.17) is 54.7 Å². The van der Waals surface area contributed by atoms with Gasteiger partial charge in [0, 0.05) is 77.3 Å². The number of benzene rings is 13. The molecule has 7 aromatic heterocycles. The fourth-order valence-electron chi connectivity index (χ4n) is 16.1. The quantitative estimate of drug-likeness (QED) is 0.153. The van der Waals surface area contributed by atoms with Crippen LogP contribution in [-0.4, -0.2) is 63.1 Å². The number of fused-ring (bicyclic) bond motifs is 12. The van der Waals surface area contributed by atoms with Gasteiger partial charge in [0.25, 0.3) is 0 Å². The van der Waals surface area contributed by atoms with Crippen molar-refractivity contribution in [1.29, 1.82) is 0 Å². The zero-order valence-corrected chi connectivity index (χ0v) is 57.9. The van der Waals surface area contributed by atoms with Gasteiger partial charge in [-0.15, -0.1) is 0 Å². The van der Waals surface area contributed by atoms with Crippen molar-refractivity contribution in [3.8, 4) is 57.7 Å². The smallest absolute Gasteiger partial charge is 0.240 e. The van der Waals surface area contributed by atoms with E-state index in [1.54, 1.807) is 0 Å². The molecule has 13 nitrogen and oxygen atoms in total. The van der Waals surface area contributed by atoms with Crippen LogP contribution in [0.4, 0.5) is 0 Å². The van der Waals surface area contributed by atoms with Crippen LogP contribution in [-0.2, 0) is 0 Å². The summed E-state index contributed by atoms with van der Waals surface area (Å²) in [5, 5.41) is 10.0. The van der Waals surface area contributed by atoms with Crippen LogP contribution in [0.1, 0.15) is 45.2 Å². The van der Waals surface area contributed by atoms with Crippen molar-refractivity contribution in [2.24, 2.45) is 0 Å². The van der Waals surface area contributed by atoms with Crippen LogP contribution in [0.2, 0.25) is 15.9 Å². The van der Waals surface area contributed by atoms with E-state index in [9.17, 15) is 0 Å². The lowest BCUT2D eigenvalue weighted by Crippen LogP contribution is -2.28. The summed E-state index contributed by atoms with van der Waals surface area (Å²) in [6.07, 6.45) is 0. The molecule has 3 aliphatic carbocycles. The van der Waals surface area contributed by atoms with Crippen molar-refractivity contribution in [1.82, 2.24) is 63.1 Å². The van der Waals surface area contributed by atoms with Crippen LogP contribution in [0.15, 0.2) is 315 Å². The summed E-state index contributed by atoms with van der Waals surface area (Å²) >= 11 is 17.6. The predicted molar refractivity (Wildman–Crippen MR) is 423 cm³/mol. The summed E-state index contributed by atoms with van der Waals surface area (Å²) in [5.74, 6) is 3.41. The molecule has 0 radical (unpaired) electrons. The molecule has 0 aliphatic heterocycles. The number of aromatic nitrogens is 13. The Labute approximate surface area is 615 Å². The molecule has 2 unspecified atom stereocenters. The maximum absolute atomic E-state index is 6.24. The monoisotopic (exact) mass is 1410 g/mol. The summed E-state index contributed by atoms with van der Waals surface area (Å²) in [5.41, 5.74) is 20.9. The van der Waals surface area contributed by atoms with Crippen LogP contribution in [0.3, 0.4) is 0 Å². The Kier molecular flexibility index (Phi) is 14.8. The van der Waals surface area contributed by atoms with E-state index in [0.717, 1.165) is 71.3 Å². The highest BCUT2D eigenvalue weighted by Crippen LogP contribution is 2.60. The highest BCUT2D eigenvalue weighted by molar-refractivity contribution is 6.31. The summed E-state index contributed by atoms with van der Waals surface area (Å²) in [6, 6.07) is 110. The van der Waals surface area contributed by atoms with Gasteiger partial charge in [0.1, 0.15) is 0 Å². The first-order valence-electron chi connectivity index (χ1n) is 34.5. The lowest BCUT2D eigenvalue weighted by atomic mass is 9.59. The van der Waals surface area contributed by atoms with Crippen molar-refractivity contribution in [3.63, 3.8) is 0 Å². The van der Waals surface area contributed by atoms with E-state index in [2.05, 4.69) is 251 Å². The van der Waals surface area contributed by atoms with Gasteiger partial charge in [0.2, 0.25) is 33.7 Å². The lowest BCUT2D eigenvalue weighted by molar-refractivity contribution is 0.768. The molecule has 23 rings (SSSR count). The van der Waals surface area contributed by atoms with Crippen LogP contribution in [0.5, 0.6) is 0 Å². The molecule has 3 aliphatic rings. The molecule has 0 spiro atoms. The van der Waals surface area contributed by atoms with E-state index in [-0.39, 0.29) is 27.7 Å². The van der Waals surface area contributed by atoms with Crippen molar-refractivity contribution < 1.29 is 0 Å². The van der Waals surface area contributed by atoms with Gasteiger partial charge in [-0.2, -0.15) is 44.9 Å². The SMILES string of the molecule is Clc1nc(-c2ccccc2)nc(-n2c3ccccc3c3ccccc32)n1.Clc1nc(Cl)nc(-c2ccccc2)n1.c1ccc(-c2nc(-n3c4ccccc4c4ccccc43)nc(-n3c4ccccc4c4c5c(ccc43)C3c4ccccc4C5c4c3ccc3c4c4ccccc4n3-c3ccccc3)n2)cc1. The maximum Gasteiger partial charge on any atom is 0.240 e. The molecule has 496 valence electrons. The average Bonchev–Trinajstić information content (AvgIpc) is 1.69. The highest BCUT2D eigenvalue weighted by Gasteiger charge is 2.45. The summed E-state index contributed by atoms with van der Waals surface area (Å²) in [6.45, 7) is 0. The van der Waals surface area contributed by atoms with Gasteiger partial charge in [-0.05, 0) is 129 Å². The van der Waals surface area contributed by atoms with Gasteiger partial charge in [0.15, 0.2) is 17.5 Å². The number of nitrogens with zero attached hydrogens (tertiary/aromatic N) is 13. The zero-order valence-electron chi connectivity index (χ0n) is 55.6. The van der Waals surface area contributed by atoms with Gasteiger partial charge < -0.3 is 4.57 Å². The average molecular weight is 1410 g/mol. The molecule has 2 atom stereocenters. The van der Waals surface area contributed by atoms with Gasteiger partial charge in [-0.3, -0.25) is 13.7 Å². The molecule has 13 aromatic carbocycles. The molecule has 0 saturated carbocycles. The van der Waals surface area contributed by atoms with Crippen LogP contribution in [0.25, 0.3) is 145 Å². The third-order valence-corrected chi connectivity index (χ3v) is 20.8. The van der Waals surface area contributed by atoms with E-state index in [1.807, 2.05) is 108 Å². The van der Waals surface area contributed by atoms with E-state index < -0.39 is 0 Å². The highest BCUT2D eigenvalue weighted by atomic mass is 35.5. The van der Waals surface area contributed by atoms with Crippen molar-refractivity contribution >= 4 is 122 Å². The molecule has 0 amide bonds. The first-order chi connectivity index (χ1) is 51.9. The number of hydrogen-bond acceptors (Lipinski definition) is 9. The molecule has 105 heavy (non-hydrogen) atoms. The Morgan fingerprint density at radius 1 is 0.210 bits per heavy atom. The molecule has 0 saturated heterocycles. The molecule has 7 heterocycles. The second-order valence-corrected chi connectivity index (χ2v) is 27.0. The summed E-state index contributed by atoms with van der Waals surface area (Å²) < 4.78 is 8.96. The minimum Gasteiger partial charge on any atom is -0.309 e. The van der Waals surface area contributed by atoms with Crippen molar-refractivity contribution in [2.75, 3.05) is 0 Å². The maximum atomic E-state index is 6.24. The van der Waals surface area contributed by atoms with Crippen LogP contribution < -0.4 is 0 Å². The Hall–Kier alpha value is -13.0. The molecule has 20 aromatic rings. The Morgan fingerprint density at radius 3 is 0.933 bits per heavy atom. The van der Waals surface area contributed by atoms with Gasteiger partial charge in [-0.25, -0.2) is 0 Å². The normalized spacial score (nSPS) is 13.5. The fourth-order valence-corrected chi connectivity index (χ4v) is 16.7. The standard InChI is InChI=1S/C59H36N6.C21H13ClN4.C9H5Cl2N3/c1-3-17-35(18-4-1)57-60-58(64-45-27-13-9-21-37(45)38-22-10-14-28-46(38)64)62-59(61-57)65-48-30-16-12-26-42(48)53-50(65)34-32-44-51-39-23-7-8-24-40(39)54(56(44)53)55-43(51)31-33-49-52(55)41-25-11-15-29-47(41)63(49)36-19-5-2-6-20-36;22-20-23-19(14-8-2-1-3-9-14)24-21(25-20)26-17-12-6-4-10-15(17)16-11-5-7-13-18(16)26;10-8-12-7(13-9(11)14-8)6-4-2-1-3-5-6/h1-34,51,54H;1-13H;1-5H. The number of para-hydroxylation sites is 7. The molecule has 0 fully saturated rings.